The molecule has 2 rings (SSSR count). The van der Waals surface area contributed by atoms with E-state index in [1.54, 1.807) is 18.2 Å². The first-order valence-corrected chi connectivity index (χ1v) is 4.87. The summed E-state index contributed by atoms with van der Waals surface area (Å²) in [4.78, 5) is 22.1. The minimum absolute atomic E-state index is 0.159. The lowest BCUT2D eigenvalue weighted by molar-refractivity contribution is -0.159. The van der Waals surface area contributed by atoms with Crippen molar-refractivity contribution in [2.75, 3.05) is 0 Å². The fourth-order valence-corrected chi connectivity index (χ4v) is 1.47. The molecule has 1 aliphatic rings. The number of hydrogen-bond acceptors (Lipinski definition) is 3. The highest BCUT2D eigenvalue weighted by molar-refractivity contribution is 6.02. The van der Waals surface area contributed by atoms with E-state index in [0.717, 1.165) is 0 Å². The normalized spacial score (nSPS) is 18.7. The van der Waals surface area contributed by atoms with Gasteiger partial charge in [0.2, 0.25) is 0 Å². The SMILES string of the molecule is O=C1CC/C(=C\c2ccccc2F)C(=O)O1. The number of hydrogen-bond donors (Lipinski definition) is 0. The van der Waals surface area contributed by atoms with Crippen LogP contribution < -0.4 is 0 Å². The van der Waals surface area contributed by atoms with Crippen LogP contribution >= 0.6 is 0 Å². The Morgan fingerprint density at radius 1 is 1.19 bits per heavy atom. The third-order valence-corrected chi connectivity index (χ3v) is 2.30. The zero-order chi connectivity index (χ0) is 11.5. The molecule has 0 aromatic heterocycles. The second-order valence-electron chi connectivity index (χ2n) is 3.45. The zero-order valence-corrected chi connectivity index (χ0v) is 8.40. The summed E-state index contributed by atoms with van der Waals surface area (Å²) in [5.74, 6) is -1.62. The monoisotopic (exact) mass is 220 g/mol. The highest BCUT2D eigenvalue weighted by Crippen LogP contribution is 2.19. The van der Waals surface area contributed by atoms with Gasteiger partial charge in [-0.3, -0.25) is 4.79 Å². The molecule has 0 aliphatic carbocycles. The summed E-state index contributed by atoms with van der Waals surface area (Å²) >= 11 is 0. The van der Waals surface area contributed by atoms with E-state index in [0.29, 0.717) is 17.6 Å². The lowest BCUT2D eigenvalue weighted by Crippen LogP contribution is -2.20. The molecule has 82 valence electrons. The van der Waals surface area contributed by atoms with Crippen LogP contribution in [0.3, 0.4) is 0 Å². The van der Waals surface area contributed by atoms with Crippen molar-refractivity contribution in [3.63, 3.8) is 0 Å². The molecule has 0 spiro atoms. The molecule has 1 aromatic carbocycles. The van der Waals surface area contributed by atoms with Gasteiger partial charge in [-0.25, -0.2) is 9.18 Å². The van der Waals surface area contributed by atoms with E-state index in [1.807, 2.05) is 0 Å². The Morgan fingerprint density at radius 2 is 1.94 bits per heavy atom. The molecular formula is C12H9FO3. The maximum Gasteiger partial charge on any atom is 0.341 e. The maximum atomic E-state index is 13.3. The molecule has 16 heavy (non-hydrogen) atoms. The molecule has 4 heteroatoms. The Bertz CT molecular complexity index is 477. The van der Waals surface area contributed by atoms with Crippen LogP contribution in [0.5, 0.6) is 0 Å². The summed E-state index contributed by atoms with van der Waals surface area (Å²) in [7, 11) is 0. The predicted octanol–water partition coefficient (Wildman–Crippen LogP) is 2.07. The van der Waals surface area contributed by atoms with Crippen molar-refractivity contribution < 1.29 is 18.7 Å². The molecule has 3 nitrogen and oxygen atoms in total. The molecular weight excluding hydrogens is 211 g/mol. The smallest absolute Gasteiger partial charge is 0.341 e. The molecule has 1 aromatic rings. The van der Waals surface area contributed by atoms with E-state index in [-0.39, 0.29) is 6.42 Å². The van der Waals surface area contributed by atoms with Crippen molar-refractivity contribution >= 4 is 18.0 Å². The second kappa shape index (κ2) is 4.26. The fraction of sp³-hybridized carbons (Fsp3) is 0.167. The van der Waals surface area contributed by atoms with Gasteiger partial charge in [0.15, 0.2) is 0 Å². The Morgan fingerprint density at radius 3 is 2.62 bits per heavy atom. The van der Waals surface area contributed by atoms with Crippen LogP contribution in [0.2, 0.25) is 0 Å². The van der Waals surface area contributed by atoms with Crippen LogP contribution in [0.25, 0.3) is 6.08 Å². The largest absolute Gasteiger partial charge is 0.390 e. The fourth-order valence-electron chi connectivity index (χ4n) is 1.47. The number of benzene rings is 1. The molecule has 0 amide bonds. The van der Waals surface area contributed by atoms with Gasteiger partial charge in [0, 0.05) is 11.1 Å². The van der Waals surface area contributed by atoms with Crippen molar-refractivity contribution in [2.24, 2.45) is 0 Å². The summed E-state index contributed by atoms with van der Waals surface area (Å²) < 4.78 is 17.7. The maximum absolute atomic E-state index is 13.3. The molecule has 0 saturated carbocycles. The van der Waals surface area contributed by atoms with Crippen LogP contribution in [0.1, 0.15) is 18.4 Å². The van der Waals surface area contributed by atoms with E-state index in [9.17, 15) is 14.0 Å². The van der Waals surface area contributed by atoms with Crippen LogP contribution in [-0.2, 0) is 14.3 Å². The van der Waals surface area contributed by atoms with Gasteiger partial charge in [-0.1, -0.05) is 18.2 Å². The predicted molar refractivity (Wildman–Crippen MR) is 54.7 cm³/mol. The van der Waals surface area contributed by atoms with Crippen LogP contribution in [-0.4, -0.2) is 11.9 Å². The third-order valence-electron chi connectivity index (χ3n) is 2.30. The molecule has 1 heterocycles. The lowest BCUT2D eigenvalue weighted by atomic mass is 10.0. The Kier molecular flexibility index (Phi) is 2.81. The minimum atomic E-state index is -0.681. The highest BCUT2D eigenvalue weighted by Gasteiger charge is 2.22. The van der Waals surface area contributed by atoms with Gasteiger partial charge in [0.05, 0.1) is 6.42 Å². The van der Waals surface area contributed by atoms with E-state index < -0.39 is 17.8 Å². The van der Waals surface area contributed by atoms with Crippen molar-refractivity contribution in [3.05, 3.63) is 41.2 Å². The number of carbonyl (C=O) groups excluding carboxylic acids is 2. The van der Waals surface area contributed by atoms with Gasteiger partial charge in [-0.05, 0) is 18.6 Å². The van der Waals surface area contributed by atoms with Crippen molar-refractivity contribution in [2.45, 2.75) is 12.8 Å². The van der Waals surface area contributed by atoms with Gasteiger partial charge >= 0.3 is 11.9 Å². The topological polar surface area (TPSA) is 43.4 Å². The van der Waals surface area contributed by atoms with Gasteiger partial charge in [0.1, 0.15) is 5.82 Å². The number of cyclic esters (lactones) is 2. The Hall–Kier alpha value is -1.97. The first kappa shape index (κ1) is 10.5. The zero-order valence-electron chi connectivity index (χ0n) is 8.40. The van der Waals surface area contributed by atoms with Crippen LogP contribution in [0, 0.1) is 5.82 Å². The van der Waals surface area contributed by atoms with Gasteiger partial charge in [-0.15, -0.1) is 0 Å². The van der Waals surface area contributed by atoms with E-state index in [1.165, 1.54) is 12.1 Å². The quantitative estimate of drug-likeness (QED) is 0.413. The summed E-state index contributed by atoms with van der Waals surface area (Å²) in [6, 6.07) is 6.12. The number of esters is 2. The second-order valence-corrected chi connectivity index (χ2v) is 3.45. The molecule has 0 unspecified atom stereocenters. The number of rotatable bonds is 1. The average molecular weight is 220 g/mol. The lowest BCUT2D eigenvalue weighted by Gasteiger charge is -2.12. The molecule has 0 N–H and O–H groups in total. The van der Waals surface area contributed by atoms with Gasteiger partial charge < -0.3 is 4.74 Å². The van der Waals surface area contributed by atoms with Gasteiger partial charge in [-0.2, -0.15) is 0 Å². The molecule has 0 bridgehead atoms. The molecule has 0 radical (unpaired) electrons. The Labute approximate surface area is 91.5 Å². The first-order chi connectivity index (χ1) is 7.66. The number of halogens is 1. The average Bonchev–Trinajstić information content (AvgIpc) is 2.25. The van der Waals surface area contributed by atoms with Crippen molar-refractivity contribution in [1.29, 1.82) is 0 Å². The molecule has 0 atom stereocenters. The molecule has 1 saturated heterocycles. The minimum Gasteiger partial charge on any atom is -0.390 e. The van der Waals surface area contributed by atoms with Crippen LogP contribution in [0.4, 0.5) is 4.39 Å². The first-order valence-electron chi connectivity index (χ1n) is 4.87. The highest BCUT2D eigenvalue weighted by atomic mass is 19.1. The molecule has 1 aliphatic heterocycles. The Balaban J connectivity index is 2.28. The van der Waals surface area contributed by atoms with Crippen LogP contribution in [0.15, 0.2) is 29.8 Å². The molecule has 1 fully saturated rings. The number of carbonyl (C=O) groups is 2. The van der Waals surface area contributed by atoms with Crippen molar-refractivity contribution in [1.82, 2.24) is 0 Å². The van der Waals surface area contributed by atoms with E-state index in [2.05, 4.69) is 4.74 Å². The van der Waals surface area contributed by atoms with Gasteiger partial charge in [0.25, 0.3) is 0 Å². The summed E-state index contributed by atoms with van der Waals surface area (Å²) in [5.41, 5.74) is 0.647. The van der Waals surface area contributed by atoms with Crippen molar-refractivity contribution in [3.8, 4) is 0 Å². The third kappa shape index (κ3) is 2.16. The van der Waals surface area contributed by atoms with E-state index in [4.69, 9.17) is 0 Å². The standard InChI is InChI=1S/C12H9FO3/c13-10-4-2-1-3-8(10)7-9-5-6-11(14)16-12(9)15/h1-4,7H,5-6H2/b9-7+. The summed E-state index contributed by atoms with van der Waals surface area (Å²) in [6.07, 6.45) is 1.88. The van der Waals surface area contributed by atoms with E-state index >= 15 is 0 Å². The summed E-state index contributed by atoms with van der Waals surface area (Å²) in [6.45, 7) is 0. The number of ether oxygens (including phenoxy) is 1. The summed E-state index contributed by atoms with van der Waals surface area (Å²) in [5, 5.41) is 0.